The summed E-state index contributed by atoms with van der Waals surface area (Å²) in [6.45, 7) is 5.49. The van der Waals surface area contributed by atoms with Crippen LogP contribution in [0.15, 0.2) is 52.6 Å². The fourth-order valence-corrected chi connectivity index (χ4v) is 5.35. The first-order valence-electron chi connectivity index (χ1n) is 13.5. The average Bonchev–Trinajstić information content (AvgIpc) is 3.51. The van der Waals surface area contributed by atoms with Gasteiger partial charge in [-0.25, -0.2) is 0 Å². The summed E-state index contributed by atoms with van der Waals surface area (Å²) in [6.07, 6.45) is 6.64. The molecule has 202 valence electrons. The third-order valence-corrected chi connectivity index (χ3v) is 7.30. The first-order valence-corrected chi connectivity index (χ1v) is 13.5. The normalized spacial score (nSPS) is 16.8. The number of carbonyl (C=O) groups is 2. The largest absolute Gasteiger partial charge is 0.377 e. The van der Waals surface area contributed by atoms with Crippen molar-refractivity contribution in [2.75, 3.05) is 6.61 Å². The van der Waals surface area contributed by atoms with Gasteiger partial charge in [-0.1, -0.05) is 62.6 Å². The number of hydrogen-bond acceptors (Lipinski definition) is 6. The second-order valence-electron chi connectivity index (χ2n) is 9.90. The number of amides is 2. The molecule has 1 aliphatic carbocycles. The maximum atomic E-state index is 13.6. The molecular formula is C29H38N6O3. The van der Waals surface area contributed by atoms with Gasteiger partial charge in [-0.3, -0.25) is 24.8 Å². The molecule has 1 spiro atoms. The Kier molecular flexibility index (Phi) is 8.78. The number of hydrogen-bond donors (Lipinski definition) is 3. The molecule has 0 aromatic heterocycles. The van der Waals surface area contributed by atoms with E-state index in [1.807, 2.05) is 36.1 Å². The number of benzene rings is 2. The Morgan fingerprint density at radius 3 is 2.63 bits per heavy atom. The predicted molar refractivity (Wildman–Crippen MR) is 149 cm³/mol. The zero-order valence-corrected chi connectivity index (χ0v) is 22.3. The van der Waals surface area contributed by atoms with Crippen molar-refractivity contribution >= 4 is 23.6 Å². The standard InChI is InChI=1S/C29H38N6O3/c1-3-5-12-25-33-29(15-8-9-16-29)27(37)35(25)18-20-13-14-22(21(17-20)19-38-4-2)23-10-6-7-11-24(23)26(36)32-28(30)34-31/h6-7,10-11,13-14,17H,3-5,8-9,12,15-16,18-19,31H2,1-2H3,(H3,30,32,34,36). The lowest BCUT2D eigenvalue weighted by Gasteiger charge is -2.23. The minimum absolute atomic E-state index is 0.137. The predicted octanol–water partition coefficient (Wildman–Crippen LogP) is 4.05. The fraction of sp³-hybridized carbons (Fsp3) is 0.448. The number of nitrogens with zero attached hydrogens (tertiary/aromatic N) is 3. The highest BCUT2D eigenvalue weighted by Crippen LogP contribution is 2.40. The van der Waals surface area contributed by atoms with Crippen molar-refractivity contribution in [1.82, 2.24) is 10.2 Å². The molecule has 2 aliphatic rings. The Labute approximate surface area is 224 Å². The van der Waals surface area contributed by atoms with Crippen LogP contribution >= 0.6 is 0 Å². The number of aliphatic imine (C=N–C) groups is 1. The lowest BCUT2D eigenvalue weighted by Crippen LogP contribution is -2.40. The zero-order chi connectivity index (χ0) is 27.1. The van der Waals surface area contributed by atoms with E-state index in [0.29, 0.717) is 25.3 Å². The molecule has 38 heavy (non-hydrogen) atoms. The summed E-state index contributed by atoms with van der Waals surface area (Å²) in [7, 11) is 0. The Bertz CT molecular complexity index is 1230. The van der Waals surface area contributed by atoms with Crippen molar-refractivity contribution in [2.24, 2.45) is 21.7 Å². The van der Waals surface area contributed by atoms with Crippen LogP contribution in [0.4, 0.5) is 0 Å². The monoisotopic (exact) mass is 518 g/mol. The lowest BCUT2D eigenvalue weighted by atomic mass is 9.93. The molecule has 9 heteroatoms. The third kappa shape index (κ3) is 5.72. The summed E-state index contributed by atoms with van der Waals surface area (Å²) in [5.74, 6) is 5.67. The molecule has 1 fully saturated rings. The van der Waals surface area contributed by atoms with E-state index < -0.39 is 11.4 Å². The number of nitrogens with two attached hydrogens (primary N) is 2. The first kappa shape index (κ1) is 27.3. The number of rotatable bonds is 10. The van der Waals surface area contributed by atoms with Gasteiger partial charge in [-0.15, -0.1) is 5.10 Å². The van der Waals surface area contributed by atoms with E-state index in [1.165, 1.54) is 0 Å². The van der Waals surface area contributed by atoms with Crippen LogP contribution in [0, 0.1) is 0 Å². The minimum Gasteiger partial charge on any atom is -0.377 e. The minimum atomic E-state index is -0.557. The van der Waals surface area contributed by atoms with Gasteiger partial charge in [0, 0.05) is 18.6 Å². The van der Waals surface area contributed by atoms with Crippen molar-refractivity contribution in [3.05, 3.63) is 59.2 Å². The van der Waals surface area contributed by atoms with Gasteiger partial charge in [-0.2, -0.15) is 0 Å². The lowest BCUT2D eigenvalue weighted by molar-refractivity contribution is -0.131. The Hall–Kier alpha value is -3.72. The number of carbonyl (C=O) groups excluding carboxylic acids is 2. The highest BCUT2D eigenvalue weighted by Gasteiger charge is 2.49. The maximum absolute atomic E-state index is 13.6. The zero-order valence-electron chi connectivity index (χ0n) is 22.3. The van der Waals surface area contributed by atoms with Gasteiger partial charge < -0.3 is 16.3 Å². The van der Waals surface area contributed by atoms with Crippen molar-refractivity contribution < 1.29 is 14.3 Å². The molecule has 1 saturated carbocycles. The quantitative estimate of drug-likeness (QED) is 0.189. The molecule has 2 aromatic carbocycles. The number of amidine groups is 1. The van der Waals surface area contributed by atoms with Crippen LogP contribution in [0.3, 0.4) is 0 Å². The summed E-state index contributed by atoms with van der Waals surface area (Å²) in [5.41, 5.74) is 9.04. The topological polar surface area (TPSA) is 135 Å². The van der Waals surface area contributed by atoms with Crippen LogP contribution < -0.4 is 16.9 Å². The van der Waals surface area contributed by atoms with Gasteiger partial charge >= 0.3 is 0 Å². The van der Waals surface area contributed by atoms with Gasteiger partial charge in [0.2, 0.25) is 5.96 Å². The second-order valence-corrected chi connectivity index (χ2v) is 9.90. The summed E-state index contributed by atoms with van der Waals surface area (Å²) >= 11 is 0. The third-order valence-electron chi connectivity index (χ3n) is 7.30. The molecule has 1 aliphatic heterocycles. The van der Waals surface area contributed by atoms with E-state index in [9.17, 15) is 9.59 Å². The van der Waals surface area contributed by atoms with Gasteiger partial charge in [0.1, 0.15) is 11.4 Å². The van der Waals surface area contributed by atoms with Gasteiger partial charge in [0.15, 0.2) is 0 Å². The summed E-state index contributed by atoms with van der Waals surface area (Å²) in [6, 6.07) is 13.4. The van der Waals surface area contributed by atoms with Crippen LogP contribution in [0.25, 0.3) is 11.1 Å². The molecule has 0 saturated heterocycles. The molecule has 2 aromatic rings. The second kappa shape index (κ2) is 12.2. The number of guanidine groups is 1. The van der Waals surface area contributed by atoms with E-state index in [4.69, 9.17) is 21.3 Å². The molecule has 0 unspecified atom stereocenters. The van der Waals surface area contributed by atoms with Crippen LogP contribution in [-0.4, -0.2) is 40.7 Å². The highest BCUT2D eigenvalue weighted by atomic mass is 16.5. The van der Waals surface area contributed by atoms with Gasteiger partial charge in [0.05, 0.1) is 13.2 Å². The Morgan fingerprint density at radius 1 is 1.16 bits per heavy atom. The van der Waals surface area contributed by atoms with Crippen molar-refractivity contribution in [3.8, 4) is 11.1 Å². The van der Waals surface area contributed by atoms with Crippen molar-refractivity contribution in [3.63, 3.8) is 0 Å². The number of nitrogens with one attached hydrogen (secondary N) is 1. The summed E-state index contributed by atoms with van der Waals surface area (Å²) in [4.78, 5) is 33.4. The van der Waals surface area contributed by atoms with E-state index in [-0.39, 0.29) is 11.9 Å². The molecule has 4 rings (SSSR count). The molecule has 0 atom stereocenters. The van der Waals surface area contributed by atoms with Crippen LogP contribution in [-0.2, 0) is 22.7 Å². The number of hydrazone groups is 1. The molecule has 5 N–H and O–H groups in total. The smallest absolute Gasteiger partial charge is 0.258 e. The number of unbranched alkanes of at least 4 members (excludes halogenated alkanes) is 1. The van der Waals surface area contributed by atoms with Crippen molar-refractivity contribution in [1.29, 1.82) is 0 Å². The van der Waals surface area contributed by atoms with Crippen LogP contribution in [0.5, 0.6) is 0 Å². The first-order chi connectivity index (χ1) is 18.4. The number of ether oxygens (including phenoxy) is 1. The molecule has 1 heterocycles. The fourth-order valence-electron chi connectivity index (χ4n) is 5.35. The maximum Gasteiger partial charge on any atom is 0.258 e. The summed E-state index contributed by atoms with van der Waals surface area (Å²) in [5, 5.41) is 5.84. The van der Waals surface area contributed by atoms with Crippen LogP contribution in [0.1, 0.15) is 80.3 Å². The van der Waals surface area contributed by atoms with E-state index >= 15 is 0 Å². The van der Waals surface area contributed by atoms with E-state index in [1.54, 1.807) is 12.1 Å². The van der Waals surface area contributed by atoms with Crippen LogP contribution in [0.2, 0.25) is 0 Å². The van der Waals surface area contributed by atoms with Gasteiger partial charge in [0.25, 0.3) is 11.8 Å². The SMILES string of the molecule is CCCCC1=NC2(CCCC2)C(=O)N1Cc1ccc(-c2ccccc2C(=O)N/C(N)=N/N)c(COCC)c1. The Morgan fingerprint density at radius 2 is 1.92 bits per heavy atom. The molecule has 9 nitrogen and oxygen atoms in total. The van der Waals surface area contributed by atoms with E-state index in [0.717, 1.165) is 73.0 Å². The van der Waals surface area contributed by atoms with E-state index in [2.05, 4.69) is 23.4 Å². The molecule has 0 radical (unpaired) electrons. The molecular weight excluding hydrogens is 480 g/mol. The van der Waals surface area contributed by atoms with Gasteiger partial charge in [-0.05, 0) is 54.5 Å². The highest BCUT2D eigenvalue weighted by molar-refractivity contribution is 6.09. The van der Waals surface area contributed by atoms with Crippen molar-refractivity contribution in [2.45, 2.75) is 77.5 Å². The Balaban J connectivity index is 1.67. The average molecular weight is 519 g/mol. The summed E-state index contributed by atoms with van der Waals surface area (Å²) < 4.78 is 5.80. The molecule has 0 bridgehead atoms. The molecule has 2 amide bonds.